The highest BCUT2D eigenvalue weighted by Crippen LogP contribution is 2.16. The number of carbonyl (C=O) groups is 2. The fourth-order valence-corrected chi connectivity index (χ4v) is 2.13. The number of amides is 1. The van der Waals surface area contributed by atoms with Crippen LogP contribution >= 0.6 is 0 Å². The van der Waals surface area contributed by atoms with Gasteiger partial charge in [-0.2, -0.15) is 0 Å². The van der Waals surface area contributed by atoms with Crippen molar-refractivity contribution >= 4 is 11.9 Å². The van der Waals surface area contributed by atoms with E-state index in [9.17, 15) is 9.59 Å². The molecular weight excluding hydrogens is 292 g/mol. The Bertz CT molecular complexity index is 527. The van der Waals surface area contributed by atoms with E-state index >= 15 is 0 Å². The van der Waals surface area contributed by atoms with Gasteiger partial charge in [-0.15, -0.1) is 0 Å². The molecule has 1 fully saturated rings. The quantitative estimate of drug-likeness (QED) is 0.798. The summed E-state index contributed by atoms with van der Waals surface area (Å²) in [5, 5.41) is 15.3. The van der Waals surface area contributed by atoms with Crippen LogP contribution in [0.25, 0.3) is 0 Å². The Balaban J connectivity index is 1.96. The molecule has 1 aliphatic heterocycles. The summed E-state index contributed by atoms with van der Waals surface area (Å²) in [6.45, 7) is 4.19. The van der Waals surface area contributed by atoms with Crippen molar-refractivity contribution in [2.75, 3.05) is 19.8 Å². The zero-order valence-corrected chi connectivity index (χ0v) is 12.6. The molecule has 2 N–H and O–H groups in total. The summed E-state index contributed by atoms with van der Waals surface area (Å²) in [4.78, 5) is 22.8. The molecule has 1 amide bonds. The molecule has 0 aromatic carbocycles. The maximum Gasteiger partial charge on any atom is 0.329 e. The standard InChI is InChI=1S/C14H20N2O6/c1-8(2)10-5-11(22-16-10)14(19)15-9-3-4-20-6-12(9)21-7-13(17)18/h5,8-9,12H,3-4,6-7H2,1-2H3,(H,15,19)(H,17,18)/t9-,12-/m1/s1. The molecule has 0 aliphatic carbocycles. The van der Waals surface area contributed by atoms with Crippen molar-refractivity contribution in [3.05, 3.63) is 17.5 Å². The van der Waals surface area contributed by atoms with Gasteiger partial charge in [0, 0.05) is 12.7 Å². The van der Waals surface area contributed by atoms with E-state index in [2.05, 4.69) is 10.5 Å². The van der Waals surface area contributed by atoms with Crippen LogP contribution in [-0.4, -0.2) is 54.1 Å². The lowest BCUT2D eigenvalue weighted by Gasteiger charge is -2.31. The molecule has 1 aromatic rings. The summed E-state index contributed by atoms with van der Waals surface area (Å²) >= 11 is 0. The molecule has 1 aromatic heterocycles. The molecular formula is C14H20N2O6. The van der Waals surface area contributed by atoms with Crippen LogP contribution in [0.2, 0.25) is 0 Å². The molecule has 0 saturated carbocycles. The van der Waals surface area contributed by atoms with Gasteiger partial charge >= 0.3 is 5.97 Å². The molecule has 0 unspecified atom stereocenters. The number of rotatable bonds is 6. The molecule has 8 heteroatoms. The van der Waals surface area contributed by atoms with E-state index in [1.54, 1.807) is 6.07 Å². The van der Waals surface area contributed by atoms with Crippen molar-refractivity contribution in [3.8, 4) is 0 Å². The first-order valence-electron chi connectivity index (χ1n) is 7.16. The smallest absolute Gasteiger partial charge is 0.329 e. The topological polar surface area (TPSA) is 111 Å². The minimum atomic E-state index is -1.06. The van der Waals surface area contributed by atoms with Gasteiger partial charge < -0.3 is 24.4 Å². The molecule has 22 heavy (non-hydrogen) atoms. The second kappa shape index (κ2) is 7.37. The summed E-state index contributed by atoms with van der Waals surface area (Å²) in [7, 11) is 0. The highest BCUT2D eigenvalue weighted by molar-refractivity contribution is 5.91. The highest BCUT2D eigenvalue weighted by atomic mass is 16.5. The number of aliphatic carboxylic acids is 1. The highest BCUT2D eigenvalue weighted by Gasteiger charge is 2.29. The Morgan fingerprint density at radius 1 is 1.55 bits per heavy atom. The minimum absolute atomic E-state index is 0.132. The van der Waals surface area contributed by atoms with Crippen molar-refractivity contribution in [2.45, 2.75) is 38.3 Å². The molecule has 1 aliphatic rings. The van der Waals surface area contributed by atoms with E-state index in [-0.39, 0.29) is 24.3 Å². The van der Waals surface area contributed by atoms with E-state index < -0.39 is 24.6 Å². The first-order chi connectivity index (χ1) is 10.5. The fraction of sp³-hybridized carbons (Fsp3) is 0.643. The van der Waals surface area contributed by atoms with Gasteiger partial charge in [0.2, 0.25) is 5.76 Å². The maximum atomic E-state index is 12.2. The molecule has 0 spiro atoms. The lowest BCUT2D eigenvalue weighted by Crippen LogP contribution is -2.50. The van der Waals surface area contributed by atoms with Crippen molar-refractivity contribution < 1.29 is 28.7 Å². The Kier molecular flexibility index (Phi) is 5.51. The van der Waals surface area contributed by atoms with Gasteiger partial charge in [0.05, 0.1) is 18.3 Å². The Labute approximate surface area is 127 Å². The summed E-state index contributed by atoms with van der Waals surface area (Å²) in [5.41, 5.74) is 0.704. The van der Waals surface area contributed by atoms with Gasteiger partial charge in [-0.25, -0.2) is 4.79 Å². The third-order valence-electron chi connectivity index (χ3n) is 3.39. The molecule has 2 rings (SSSR count). The number of carbonyl (C=O) groups excluding carboxylic acids is 1. The summed E-state index contributed by atoms with van der Waals surface area (Å²) in [6.07, 6.45) is 0.0441. The predicted octanol–water partition coefficient (Wildman–Crippen LogP) is 0.786. The monoisotopic (exact) mass is 312 g/mol. The Morgan fingerprint density at radius 2 is 2.32 bits per heavy atom. The van der Waals surface area contributed by atoms with Gasteiger partial charge in [-0.05, 0) is 12.3 Å². The second-order valence-corrected chi connectivity index (χ2v) is 5.46. The van der Waals surface area contributed by atoms with E-state index in [1.165, 1.54) is 0 Å². The Morgan fingerprint density at radius 3 is 2.95 bits per heavy atom. The van der Waals surface area contributed by atoms with Crippen molar-refractivity contribution in [1.29, 1.82) is 0 Å². The number of nitrogens with zero attached hydrogens (tertiary/aromatic N) is 1. The van der Waals surface area contributed by atoms with Gasteiger partial charge in [0.15, 0.2) is 0 Å². The average Bonchev–Trinajstić information content (AvgIpc) is 2.96. The van der Waals surface area contributed by atoms with Gasteiger partial charge in [0.25, 0.3) is 5.91 Å². The predicted molar refractivity (Wildman–Crippen MR) is 74.7 cm³/mol. The maximum absolute atomic E-state index is 12.2. The molecule has 2 atom stereocenters. The summed E-state index contributed by atoms with van der Waals surface area (Å²) in [6, 6.07) is 1.28. The molecule has 0 bridgehead atoms. The number of carboxylic acid groups (broad SMARTS) is 1. The minimum Gasteiger partial charge on any atom is -0.480 e. The number of hydrogen-bond donors (Lipinski definition) is 2. The lowest BCUT2D eigenvalue weighted by molar-refractivity contribution is -0.148. The number of nitrogens with one attached hydrogen (secondary N) is 1. The first kappa shape index (κ1) is 16.4. The number of aromatic nitrogens is 1. The normalized spacial score (nSPS) is 21.8. The number of carboxylic acids is 1. The number of ether oxygens (including phenoxy) is 2. The van der Waals surface area contributed by atoms with Crippen LogP contribution in [-0.2, 0) is 14.3 Å². The van der Waals surface area contributed by atoms with Crippen LogP contribution in [0.5, 0.6) is 0 Å². The third kappa shape index (κ3) is 4.28. The van der Waals surface area contributed by atoms with Crippen molar-refractivity contribution in [2.24, 2.45) is 0 Å². The second-order valence-electron chi connectivity index (χ2n) is 5.46. The average molecular weight is 312 g/mol. The molecule has 1 saturated heterocycles. The van der Waals surface area contributed by atoms with E-state index in [0.29, 0.717) is 18.7 Å². The molecule has 2 heterocycles. The van der Waals surface area contributed by atoms with E-state index in [0.717, 1.165) is 0 Å². The van der Waals surface area contributed by atoms with Gasteiger partial charge in [-0.1, -0.05) is 19.0 Å². The largest absolute Gasteiger partial charge is 0.480 e. The molecule has 8 nitrogen and oxygen atoms in total. The van der Waals surface area contributed by atoms with Crippen molar-refractivity contribution in [1.82, 2.24) is 10.5 Å². The van der Waals surface area contributed by atoms with Crippen LogP contribution in [0.3, 0.4) is 0 Å². The summed E-state index contributed by atoms with van der Waals surface area (Å²) < 4.78 is 15.5. The van der Waals surface area contributed by atoms with E-state index in [1.807, 2.05) is 13.8 Å². The lowest BCUT2D eigenvalue weighted by atomic mass is 10.1. The fourth-order valence-electron chi connectivity index (χ4n) is 2.13. The van der Waals surface area contributed by atoms with Crippen LogP contribution < -0.4 is 5.32 Å². The van der Waals surface area contributed by atoms with Crippen LogP contribution in [0.15, 0.2) is 10.6 Å². The van der Waals surface area contributed by atoms with Crippen LogP contribution in [0.1, 0.15) is 42.4 Å². The van der Waals surface area contributed by atoms with Crippen LogP contribution in [0.4, 0.5) is 0 Å². The van der Waals surface area contributed by atoms with E-state index in [4.69, 9.17) is 19.1 Å². The van der Waals surface area contributed by atoms with Crippen molar-refractivity contribution in [3.63, 3.8) is 0 Å². The SMILES string of the molecule is CC(C)c1cc(C(=O)N[C@@H]2CCOC[C@H]2OCC(=O)O)on1. The molecule has 0 radical (unpaired) electrons. The zero-order valence-electron chi connectivity index (χ0n) is 12.6. The van der Waals surface area contributed by atoms with Gasteiger partial charge in [-0.3, -0.25) is 4.79 Å². The summed E-state index contributed by atoms with van der Waals surface area (Å²) in [5.74, 6) is -1.16. The third-order valence-corrected chi connectivity index (χ3v) is 3.39. The zero-order chi connectivity index (χ0) is 16.1. The molecule has 122 valence electrons. The van der Waals surface area contributed by atoms with Crippen LogP contribution in [0, 0.1) is 0 Å². The van der Waals surface area contributed by atoms with Gasteiger partial charge in [0.1, 0.15) is 12.7 Å². The Hall–Kier alpha value is -1.93. The number of hydrogen-bond acceptors (Lipinski definition) is 6. The first-order valence-corrected chi connectivity index (χ1v) is 7.16.